The third kappa shape index (κ3) is 3.75. The van der Waals surface area contributed by atoms with Crippen LogP contribution in [0.5, 0.6) is 0 Å². The molecule has 2 aromatic heterocycles. The number of halogens is 3. The molecule has 1 aliphatic carbocycles. The number of cyclic esters (lactones) is 1. The van der Waals surface area contributed by atoms with E-state index in [9.17, 15) is 4.79 Å². The molecule has 9 heteroatoms. The van der Waals surface area contributed by atoms with Gasteiger partial charge in [-0.3, -0.25) is 4.98 Å². The van der Waals surface area contributed by atoms with Crippen LogP contribution in [0.2, 0.25) is 5.02 Å². The molecule has 1 saturated carbocycles. The van der Waals surface area contributed by atoms with E-state index in [-0.39, 0.29) is 0 Å². The standard InChI is InChI=1S/C26H25ClF2N4O2/c1-15-12-31-32-33(15)25-14-26(28,29)16(2)20(23(25)17(3)35-24(25)34)11-10-19-9-8-18(13-30-19)21-6-4-5-7-22(21)27/h4-13,16-17,20,23H,14H2,1-3H3/b11-10+/t16-,17+,20-,23-,25-/m0/s1. The maximum Gasteiger partial charge on any atom is 0.335 e. The van der Waals surface area contributed by atoms with Crippen LogP contribution in [0, 0.1) is 24.7 Å². The van der Waals surface area contributed by atoms with E-state index in [2.05, 4.69) is 15.3 Å². The number of carbonyl (C=O) groups excluding carboxylic acids is 1. The van der Waals surface area contributed by atoms with Crippen LogP contribution in [0.4, 0.5) is 8.78 Å². The Bertz CT molecular complexity index is 1290. The molecule has 6 nitrogen and oxygen atoms in total. The molecule has 2 fully saturated rings. The van der Waals surface area contributed by atoms with Crippen molar-refractivity contribution in [1.82, 2.24) is 20.0 Å². The molecule has 0 spiro atoms. The average molecular weight is 499 g/mol. The van der Waals surface area contributed by atoms with E-state index in [1.807, 2.05) is 36.4 Å². The number of hydrogen-bond acceptors (Lipinski definition) is 5. The smallest absolute Gasteiger partial charge is 0.335 e. The number of aryl methyl sites for hydroxylation is 1. The molecule has 35 heavy (non-hydrogen) atoms. The minimum absolute atomic E-state index is 0.533. The van der Waals surface area contributed by atoms with Gasteiger partial charge in [-0.15, -0.1) is 5.10 Å². The molecule has 2 aliphatic rings. The van der Waals surface area contributed by atoms with Crippen molar-refractivity contribution in [3.63, 3.8) is 0 Å². The van der Waals surface area contributed by atoms with Gasteiger partial charge in [0.05, 0.1) is 17.6 Å². The van der Waals surface area contributed by atoms with Crippen molar-refractivity contribution in [3.05, 3.63) is 71.3 Å². The summed E-state index contributed by atoms with van der Waals surface area (Å²) in [4.78, 5) is 17.6. The number of fused-ring (bicyclic) bond motifs is 1. The fourth-order valence-corrected chi connectivity index (χ4v) is 5.89. The molecule has 0 N–H and O–H groups in total. The number of hydrogen-bond donors (Lipinski definition) is 0. The van der Waals surface area contributed by atoms with E-state index >= 15 is 8.78 Å². The SMILES string of the molecule is Cc1cnnn1[C@@]12CC(F)(F)[C@@H](C)[C@H](/C=C/c3ccc(-c4ccccc4Cl)cn3)[C@@H]1[C@@H](C)OC2=O. The Morgan fingerprint density at radius 2 is 1.94 bits per heavy atom. The second kappa shape index (κ2) is 8.52. The third-order valence-corrected chi connectivity index (χ3v) is 7.75. The van der Waals surface area contributed by atoms with Crippen LogP contribution in [0.1, 0.15) is 31.7 Å². The summed E-state index contributed by atoms with van der Waals surface area (Å²) in [7, 11) is 0. The number of esters is 1. The van der Waals surface area contributed by atoms with Gasteiger partial charge in [0, 0.05) is 40.6 Å². The van der Waals surface area contributed by atoms with Crippen molar-refractivity contribution in [2.75, 3.05) is 0 Å². The third-order valence-electron chi connectivity index (χ3n) is 7.43. The number of nitrogens with zero attached hydrogens (tertiary/aromatic N) is 4. The van der Waals surface area contributed by atoms with E-state index in [0.29, 0.717) is 16.4 Å². The van der Waals surface area contributed by atoms with Crippen molar-refractivity contribution in [3.8, 4) is 11.1 Å². The van der Waals surface area contributed by atoms with Gasteiger partial charge >= 0.3 is 5.97 Å². The van der Waals surface area contributed by atoms with Gasteiger partial charge in [-0.25, -0.2) is 18.3 Å². The molecule has 0 amide bonds. The van der Waals surface area contributed by atoms with Gasteiger partial charge in [0.15, 0.2) is 5.54 Å². The zero-order chi connectivity index (χ0) is 25.0. The summed E-state index contributed by atoms with van der Waals surface area (Å²) in [5.41, 5.74) is 1.25. The second-order valence-electron chi connectivity index (χ2n) is 9.46. The Labute approximate surface area is 207 Å². The molecule has 3 aromatic rings. The molecular weight excluding hydrogens is 474 g/mol. The predicted octanol–water partition coefficient (Wildman–Crippen LogP) is 5.56. The first kappa shape index (κ1) is 23.6. The summed E-state index contributed by atoms with van der Waals surface area (Å²) in [6, 6.07) is 11.2. The van der Waals surface area contributed by atoms with Crippen molar-refractivity contribution in [1.29, 1.82) is 0 Å². The van der Waals surface area contributed by atoms with Crippen LogP contribution in [0.3, 0.4) is 0 Å². The predicted molar refractivity (Wildman–Crippen MR) is 128 cm³/mol. The maximum absolute atomic E-state index is 15.4. The maximum atomic E-state index is 15.4. The second-order valence-corrected chi connectivity index (χ2v) is 9.87. The molecule has 5 atom stereocenters. The molecule has 182 valence electrons. The lowest BCUT2D eigenvalue weighted by molar-refractivity contribution is -0.169. The average Bonchev–Trinajstić information content (AvgIpc) is 3.35. The fraction of sp³-hybridized carbons (Fsp3) is 0.385. The summed E-state index contributed by atoms with van der Waals surface area (Å²) in [6.45, 7) is 4.98. The zero-order valence-corrected chi connectivity index (χ0v) is 20.3. The fourth-order valence-electron chi connectivity index (χ4n) is 5.64. The Morgan fingerprint density at radius 1 is 1.17 bits per heavy atom. The number of benzene rings is 1. The monoisotopic (exact) mass is 498 g/mol. The Hall–Kier alpha value is -3.13. The molecule has 0 unspecified atom stereocenters. The molecule has 1 saturated heterocycles. The number of aromatic nitrogens is 4. The highest BCUT2D eigenvalue weighted by Crippen LogP contribution is 2.58. The van der Waals surface area contributed by atoms with E-state index in [1.54, 1.807) is 32.2 Å². The van der Waals surface area contributed by atoms with Gasteiger partial charge in [-0.2, -0.15) is 0 Å². The van der Waals surface area contributed by atoms with Gasteiger partial charge in [-0.1, -0.05) is 54.1 Å². The van der Waals surface area contributed by atoms with Crippen molar-refractivity contribution < 1.29 is 18.3 Å². The number of carbonyl (C=O) groups is 1. The van der Waals surface area contributed by atoms with E-state index in [4.69, 9.17) is 16.3 Å². The first-order valence-electron chi connectivity index (χ1n) is 11.5. The molecule has 0 radical (unpaired) electrons. The minimum atomic E-state index is -3.12. The number of alkyl halides is 2. The van der Waals surface area contributed by atoms with E-state index in [1.165, 1.54) is 17.8 Å². The van der Waals surface area contributed by atoms with Crippen molar-refractivity contribution in [2.24, 2.45) is 17.8 Å². The molecule has 3 heterocycles. The summed E-state index contributed by atoms with van der Waals surface area (Å²) in [6.07, 6.45) is 5.40. The van der Waals surface area contributed by atoms with E-state index < -0.39 is 47.7 Å². The van der Waals surface area contributed by atoms with Gasteiger partial charge in [0.2, 0.25) is 0 Å². The van der Waals surface area contributed by atoms with Crippen LogP contribution >= 0.6 is 11.6 Å². The topological polar surface area (TPSA) is 69.9 Å². The highest BCUT2D eigenvalue weighted by atomic mass is 35.5. The minimum Gasteiger partial charge on any atom is -0.460 e. The van der Waals surface area contributed by atoms with Gasteiger partial charge in [0.1, 0.15) is 6.10 Å². The molecule has 1 aliphatic heterocycles. The lowest BCUT2D eigenvalue weighted by Gasteiger charge is -2.47. The number of ether oxygens (including phenoxy) is 1. The van der Waals surface area contributed by atoms with Crippen LogP contribution in [-0.2, 0) is 15.1 Å². The number of pyridine rings is 1. The Balaban J connectivity index is 1.52. The first-order chi connectivity index (χ1) is 16.6. The Kier molecular flexibility index (Phi) is 5.74. The molecule has 0 bridgehead atoms. The van der Waals surface area contributed by atoms with Gasteiger partial charge in [-0.05, 0) is 38.0 Å². The molecule has 1 aromatic carbocycles. The van der Waals surface area contributed by atoms with Gasteiger partial charge in [0.25, 0.3) is 5.92 Å². The number of allylic oxidation sites excluding steroid dienone is 1. The lowest BCUT2D eigenvalue weighted by atomic mass is 9.60. The normalized spacial score (nSPS) is 29.8. The zero-order valence-electron chi connectivity index (χ0n) is 19.5. The molecular formula is C26H25ClF2N4O2. The summed E-state index contributed by atoms with van der Waals surface area (Å²) < 4.78 is 37.8. The van der Waals surface area contributed by atoms with E-state index in [0.717, 1.165) is 11.1 Å². The summed E-state index contributed by atoms with van der Waals surface area (Å²) in [5.74, 6) is -6.01. The van der Waals surface area contributed by atoms with Crippen molar-refractivity contribution >= 4 is 23.6 Å². The van der Waals surface area contributed by atoms with Gasteiger partial charge < -0.3 is 4.74 Å². The van der Waals surface area contributed by atoms with Crippen LogP contribution in [-0.4, -0.2) is 38.0 Å². The van der Waals surface area contributed by atoms with Crippen LogP contribution < -0.4 is 0 Å². The van der Waals surface area contributed by atoms with Crippen LogP contribution in [0.15, 0.2) is 54.9 Å². The quantitative estimate of drug-likeness (QED) is 0.440. The number of rotatable bonds is 4. The van der Waals surface area contributed by atoms with Crippen LogP contribution in [0.25, 0.3) is 17.2 Å². The highest BCUT2D eigenvalue weighted by Gasteiger charge is 2.70. The summed E-state index contributed by atoms with van der Waals surface area (Å²) in [5, 5.41) is 8.51. The van der Waals surface area contributed by atoms with Crippen molar-refractivity contribution in [2.45, 2.75) is 44.8 Å². The highest BCUT2D eigenvalue weighted by molar-refractivity contribution is 6.33. The first-order valence-corrected chi connectivity index (χ1v) is 11.9. The molecule has 5 rings (SSSR count). The largest absolute Gasteiger partial charge is 0.460 e. The summed E-state index contributed by atoms with van der Waals surface area (Å²) >= 11 is 6.28. The Morgan fingerprint density at radius 3 is 2.60 bits per heavy atom. The lowest BCUT2D eigenvalue weighted by Crippen LogP contribution is -2.59.